The molecule has 3 aromatic rings. The lowest BCUT2D eigenvalue weighted by Gasteiger charge is -2.23. The highest BCUT2D eigenvalue weighted by molar-refractivity contribution is 7.89. The fourth-order valence-electron chi connectivity index (χ4n) is 3.27. The number of amides is 1. The van der Waals surface area contributed by atoms with Gasteiger partial charge in [-0.15, -0.1) is 0 Å². The van der Waals surface area contributed by atoms with Crippen LogP contribution in [-0.4, -0.2) is 18.6 Å². The molecule has 0 radical (unpaired) electrons. The normalized spacial score (nSPS) is 19.5. The van der Waals surface area contributed by atoms with Crippen molar-refractivity contribution in [2.45, 2.75) is 24.2 Å². The Kier molecular flexibility index (Phi) is 5.17. The Balaban J connectivity index is 1.84. The van der Waals surface area contributed by atoms with E-state index in [2.05, 4.69) is 0 Å². The first-order valence-corrected chi connectivity index (χ1v) is 10.8. The van der Waals surface area contributed by atoms with Crippen molar-refractivity contribution in [3.05, 3.63) is 101 Å². The molecule has 1 heterocycles. The second-order valence-electron chi connectivity index (χ2n) is 6.75. The maximum absolute atomic E-state index is 13.4. The quantitative estimate of drug-likeness (QED) is 0.608. The largest absolute Gasteiger partial charge is 0.335 e. The van der Waals surface area contributed by atoms with Crippen molar-refractivity contribution in [2.75, 3.05) is 0 Å². The van der Waals surface area contributed by atoms with Crippen LogP contribution < -0.4 is 0 Å². The molecule has 1 fully saturated rings. The van der Waals surface area contributed by atoms with Crippen molar-refractivity contribution in [1.29, 1.82) is 0 Å². The van der Waals surface area contributed by atoms with Crippen molar-refractivity contribution < 1.29 is 17.9 Å². The van der Waals surface area contributed by atoms with Crippen LogP contribution in [0.2, 0.25) is 5.02 Å². The van der Waals surface area contributed by atoms with Crippen LogP contribution in [0.3, 0.4) is 0 Å². The third kappa shape index (κ3) is 3.55. The van der Waals surface area contributed by atoms with E-state index in [4.69, 9.17) is 16.3 Å². The number of sulfonamides is 1. The summed E-state index contributed by atoms with van der Waals surface area (Å²) in [6.07, 6.45) is -2.20. The summed E-state index contributed by atoms with van der Waals surface area (Å²) < 4.78 is 33.6. The zero-order valence-corrected chi connectivity index (χ0v) is 17.1. The van der Waals surface area contributed by atoms with Gasteiger partial charge in [-0.2, -0.15) is 0 Å². The van der Waals surface area contributed by atoms with Gasteiger partial charge in [-0.25, -0.2) is 12.7 Å². The zero-order chi connectivity index (χ0) is 20.6. The van der Waals surface area contributed by atoms with Crippen molar-refractivity contribution in [1.82, 2.24) is 4.31 Å². The van der Waals surface area contributed by atoms with E-state index in [1.54, 1.807) is 60.7 Å². The lowest BCUT2D eigenvalue weighted by Crippen LogP contribution is -2.35. The highest BCUT2D eigenvalue weighted by Crippen LogP contribution is 2.43. The summed E-state index contributed by atoms with van der Waals surface area (Å²) in [5.41, 5.74) is 1.91. The molecule has 1 saturated heterocycles. The topological polar surface area (TPSA) is 63.7 Å². The van der Waals surface area contributed by atoms with Gasteiger partial charge in [-0.1, -0.05) is 77.8 Å². The van der Waals surface area contributed by atoms with Crippen molar-refractivity contribution in [2.24, 2.45) is 0 Å². The van der Waals surface area contributed by atoms with Gasteiger partial charge in [0, 0.05) is 10.6 Å². The molecule has 0 aliphatic carbocycles. The summed E-state index contributed by atoms with van der Waals surface area (Å²) in [7, 11) is -4.16. The second kappa shape index (κ2) is 7.63. The fourth-order valence-corrected chi connectivity index (χ4v) is 4.95. The Bertz CT molecular complexity index is 1150. The van der Waals surface area contributed by atoms with Crippen molar-refractivity contribution in [3.8, 4) is 0 Å². The number of carbonyl (C=O) groups excluding carboxylic acids is 1. The first-order chi connectivity index (χ1) is 13.9. The van der Waals surface area contributed by atoms with Gasteiger partial charge < -0.3 is 4.74 Å². The second-order valence-corrected chi connectivity index (χ2v) is 8.97. The summed E-state index contributed by atoms with van der Waals surface area (Å²) in [6.45, 7) is 1.86. The van der Waals surface area contributed by atoms with Gasteiger partial charge >= 0.3 is 0 Å². The molecule has 1 aliphatic heterocycles. The van der Waals surface area contributed by atoms with Crippen molar-refractivity contribution >= 4 is 27.5 Å². The predicted octanol–water partition coefficient (Wildman–Crippen LogP) is 4.64. The smallest absolute Gasteiger partial charge is 0.272 e. The molecule has 1 aliphatic rings. The van der Waals surface area contributed by atoms with Gasteiger partial charge in [0.25, 0.3) is 15.9 Å². The van der Waals surface area contributed by atoms with Crippen LogP contribution in [0.1, 0.15) is 29.0 Å². The Hall–Kier alpha value is -2.67. The number of halogens is 1. The Labute approximate surface area is 174 Å². The van der Waals surface area contributed by atoms with Gasteiger partial charge in [-0.3, -0.25) is 4.79 Å². The van der Waals surface area contributed by atoms with Gasteiger partial charge in [0.1, 0.15) is 0 Å². The number of ether oxygens (including phenoxy) is 1. The van der Waals surface area contributed by atoms with Gasteiger partial charge in [0.2, 0.25) is 0 Å². The zero-order valence-electron chi connectivity index (χ0n) is 15.5. The number of carbonyl (C=O) groups is 1. The molecule has 0 saturated carbocycles. The van der Waals surface area contributed by atoms with Crippen LogP contribution in [-0.2, 0) is 19.6 Å². The number of benzene rings is 3. The predicted molar refractivity (Wildman–Crippen MR) is 110 cm³/mol. The molecule has 0 spiro atoms. The van der Waals surface area contributed by atoms with E-state index < -0.39 is 28.3 Å². The summed E-state index contributed by atoms with van der Waals surface area (Å²) in [4.78, 5) is 13.3. The van der Waals surface area contributed by atoms with E-state index in [0.717, 1.165) is 9.87 Å². The van der Waals surface area contributed by atoms with Crippen LogP contribution in [0.15, 0.2) is 83.8 Å². The average molecular weight is 428 g/mol. The third-order valence-corrected chi connectivity index (χ3v) is 6.87. The lowest BCUT2D eigenvalue weighted by molar-refractivity contribution is -0.127. The first-order valence-electron chi connectivity index (χ1n) is 8.99. The maximum atomic E-state index is 13.4. The van der Waals surface area contributed by atoms with Crippen LogP contribution in [0, 0.1) is 6.92 Å². The Morgan fingerprint density at radius 2 is 1.52 bits per heavy atom. The number of rotatable bonds is 4. The molecule has 0 aromatic heterocycles. The van der Waals surface area contributed by atoms with E-state index in [1.807, 2.05) is 13.0 Å². The number of hydrogen-bond donors (Lipinski definition) is 0. The van der Waals surface area contributed by atoms with Crippen LogP contribution in [0.4, 0.5) is 0 Å². The van der Waals surface area contributed by atoms with Gasteiger partial charge in [0.15, 0.2) is 12.3 Å². The fraction of sp³-hybridized carbons (Fsp3) is 0.136. The molecule has 3 aromatic carbocycles. The van der Waals surface area contributed by atoms with Gasteiger partial charge in [-0.05, 0) is 30.7 Å². The van der Waals surface area contributed by atoms with E-state index in [-0.39, 0.29) is 4.90 Å². The molecular formula is C22H18ClNO4S. The minimum Gasteiger partial charge on any atom is -0.335 e. The summed E-state index contributed by atoms with van der Waals surface area (Å²) in [5, 5.41) is 0.322. The molecule has 0 bridgehead atoms. The summed E-state index contributed by atoms with van der Waals surface area (Å²) in [5.74, 6) is -0.651. The van der Waals surface area contributed by atoms with E-state index in [0.29, 0.717) is 16.1 Å². The maximum Gasteiger partial charge on any atom is 0.272 e. The molecule has 4 rings (SSSR count). The Morgan fingerprint density at radius 1 is 0.897 bits per heavy atom. The molecule has 148 valence electrons. The molecule has 1 amide bonds. The van der Waals surface area contributed by atoms with E-state index >= 15 is 0 Å². The highest BCUT2D eigenvalue weighted by Gasteiger charge is 2.49. The molecule has 29 heavy (non-hydrogen) atoms. The lowest BCUT2D eigenvalue weighted by atomic mass is 10.1. The summed E-state index contributed by atoms with van der Waals surface area (Å²) >= 11 is 6.32. The van der Waals surface area contributed by atoms with Crippen molar-refractivity contribution in [3.63, 3.8) is 0 Å². The molecular weight excluding hydrogens is 410 g/mol. The SMILES string of the molecule is Cc1ccc(S(=O)(=O)N2C(=O)[C@H](c3ccccc3)O[C@@H]2c2ccccc2Cl)cc1. The first kappa shape index (κ1) is 19.6. The standard InChI is InChI=1S/C22H18ClNO4S/c1-15-11-13-17(14-12-15)29(26,27)24-21(25)20(16-7-3-2-4-8-16)28-22(24)18-9-5-6-10-19(18)23/h2-14,20,22H,1H3/t20-,22+/m0/s1. The minimum atomic E-state index is -4.16. The number of aryl methyl sites for hydroxylation is 1. The third-order valence-electron chi connectivity index (χ3n) is 4.77. The van der Waals surface area contributed by atoms with Crippen LogP contribution in [0.5, 0.6) is 0 Å². The average Bonchev–Trinajstić information content (AvgIpc) is 3.07. The Morgan fingerprint density at radius 3 is 2.17 bits per heavy atom. The highest BCUT2D eigenvalue weighted by atomic mass is 35.5. The van der Waals surface area contributed by atoms with Gasteiger partial charge in [0.05, 0.1) is 4.90 Å². The molecule has 0 unspecified atom stereocenters. The molecule has 0 N–H and O–H groups in total. The molecule has 2 atom stereocenters. The van der Waals surface area contributed by atoms with Crippen LogP contribution >= 0.6 is 11.6 Å². The minimum absolute atomic E-state index is 0.0193. The number of hydrogen-bond acceptors (Lipinski definition) is 4. The summed E-state index contributed by atoms with van der Waals surface area (Å²) in [6, 6.07) is 21.9. The van der Waals surface area contributed by atoms with E-state index in [9.17, 15) is 13.2 Å². The molecule has 5 nitrogen and oxygen atoms in total. The molecule has 7 heteroatoms. The number of nitrogens with zero attached hydrogens (tertiary/aromatic N) is 1. The monoisotopic (exact) mass is 427 g/mol. The van der Waals surface area contributed by atoms with E-state index in [1.165, 1.54) is 12.1 Å². The van der Waals surface area contributed by atoms with Crippen LogP contribution in [0.25, 0.3) is 0 Å².